The molecule has 0 atom stereocenters. The van der Waals surface area contributed by atoms with Crippen LogP contribution in [0.1, 0.15) is 15.4 Å². The van der Waals surface area contributed by atoms with E-state index in [1.807, 2.05) is 56.6 Å². The van der Waals surface area contributed by atoms with Gasteiger partial charge in [-0.15, -0.1) is 11.3 Å². The molecule has 2 heterocycles. The Balaban J connectivity index is 0.00000103. The average Bonchev–Trinajstić information content (AvgIpc) is 3.29. The van der Waals surface area contributed by atoms with Crippen LogP contribution in [0, 0.1) is 0 Å². The SMILES string of the molecule is C=CN.CN(C)CCNc1cc(-c2ccncc2)cc2sc(C(=O)NCc3ccccc3)nc12. The van der Waals surface area contributed by atoms with Crippen molar-refractivity contribution in [2.75, 3.05) is 32.5 Å². The molecule has 0 aliphatic heterocycles. The predicted molar refractivity (Wildman–Crippen MR) is 142 cm³/mol. The number of benzene rings is 2. The fraction of sp³-hybridized carbons (Fsp3) is 0.192. The Morgan fingerprint density at radius 2 is 1.82 bits per heavy atom. The Bertz CT molecular complexity index is 1210. The summed E-state index contributed by atoms with van der Waals surface area (Å²) >= 11 is 1.41. The van der Waals surface area contributed by atoms with Crippen LogP contribution in [-0.2, 0) is 6.54 Å². The lowest BCUT2D eigenvalue weighted by Gasteiger charge is -2.13. The van der Waals surface area contributed by atoms with E-state index in [2.05, 4.69) is 49.9 Å². The monoisotopic (exact) mass is 474 g/mol. The van der Waals surface area contributed by atoms with Crippen molar-refractivity contribution in [3.63, 3.8) is 0 Å². The van der Waals surface area contributed by atoms with Gasteiger partial charge in [0.15, 0.2) is 5.01 Å². The number of fused-ring (bicyclic) bond motifs is 1. The van der Waals surface area contributed by atoms with Crippen LogP contribution in [0.3, 0.4) is 0 Å². The van der Waals surface area contributed by atoms with Crippen molar-refractivity contribution < 1.29 is 4.79 Å². The number of carbonyl (C=O) groups excluding carboxylic acids is 1. The molecule has 7 nitrogen and oxygen atoms in total. The van der Waals surface area contributed by atoms with Crippen LogP contribution in [0.2, 0.25) is 0 Å². The summed E-state index contributed by atoms with van der Waals surface area (Å²) < 4.78 is 0.978. The molecule has 4 N–H and O–H groups in total. The average molecular weight is 475 g/mol. The van der Waals surface area contributed by atoms with Crippen LogP contribution in [0.25, 0.3) is 21.3 Å². The first-order chi connectivity index (χ1) is 16.5. The molecule has 0 spiro atoms. The summed E-state index contributed by atoms with van der Waals surface area (Å²) in [5.74, 6) is -0.158. The number of nitrogens with one attached hydrogen (secondary N) is 2. The molecule has 2 aromatic heterocycles. The van der Waals surface area contributed by atoms with Gasteiger partial charge in [-0.2, -0.15) is 0 Å². The number of amides is 1. The lowest BCUT2D eigenvalue weighted by atomic mass is 10.1. The third-order valence-corrected chi connectivity index (χ3v) is 5.87. The first-order valence-electron chi connectivity index (χ1n) is 10.9. The second-order valence-electron chi connectivity index (χ2n) is 7.76. The van der Waals surface area contributed by atoms with Crippen LogP contribution < -0.4 is 16.4 Å². The second-order valence-corrected chi connectivity index (χ2v) is 8.79. The number of carbonyl (C=O) groups is 1. The molecule has 0 aliphatic rings. The van der Waals surface area contributed by atoms with E-state index in [-0.39, 0.29) is 5.91 Å². The van der Waals surface area contributed by atoms with E-state index in [0.717, 1.165) is 45.7 Å². The van der Waals surface area contributed by atoms with Gasteiger partial charge in [0, 0.05) is 32.0 Å². The molecule has 176 valence electrons. The van der Waals surface area contributed by atoms with E-state index in [1.54, 1.807) is 12.4 Å². The van der Waals surface area contributed by atoms with E-state index >= 15 is 0 Å². The zero-order valence-electron chi connectivity index (χ0n) is 19.5. The number of anilines is 1. The first kappa shape index (κ1) is 24.9. The van der Waals surface area contributed by atoms with Crippen LogP contribution >= 0.6 is 11.3 Å². The van der Waals surface area contributed by atoms with Gasteiger partial charge in [-0.1, -0.05) is 36.9 Å². The highest BCUT2D eigenvalue weighted by Crippen LogP contribution is 2.34. The molecule has 0 radical (unpaired) electrons. The van der Waals surface area contributed by atoms with Crippen molar-refractivity contribution in [2.45, 2.75) is 6.54 Å². The van der Waals surface area contributed by atoms with Crippen molar-refractivity contribution in [1.82, 2.24) is 20.2 Å². The predicted octanol–water partition coefficient (Wildman–Crippen LogP) is 4.35. The molecule has 0 saturated heterocycles. The van der Waals surface area contributed by atoms with E-state index < -0.39 is 0 Å². The lowest BCUT2D eigenvalue weighted by molar-refractivity contribution is 0.0950. The molecule has 4 rings (SSSR count). The first-order valence-corrected chi connectivity index (χ1v) is 11.7. The Hall–Kier alpha value is -3.75. The Labute approximate surface area is 204 Å². The maximum atomic E-state index is 12.8. The third kappa shape index (κ3) is 6.87. The smallest absolute Gasteiger partial charge is 0.280 e. The second kappa shape index (κ2) is 12.5. The zero-order chi connectivity index (χ0) is 24.3. The molecular weight excluding hydrogens is 444 g/mol. The number of nitrogens with zero attached hydrogens (tertiary/aromatic N) is 3. The number of hydrogen-bond donors (Lipinski definition) is 3. The van der Waals surface area contributed by atoms with Gasteiger partial charge in [0.2, 0.25) is 0 Å². The number of aromatic nitrogens is 2. The van der Waals surface area contributed by atoms with E-state index in [1.165, 1.54) is 17.5 Å². The Morgan fingerprint density at radius 1 is 1.12 bits per heavy atom. The molecule has 0 bridgehead atoms. The highest BCUT2D eigenvalue weighted by atomic mass is 32.1. The molecule has 8 heteroatoms. The molecule has 0 unspecified atom stereocenters. The molecule has 0 saturated carbocycles. The Kier molecular flexibility index (Phi) is 9.13. The highest BCUT2D eigenvalue weighted by molar-refractivity contribution is 7.20. The molecule has 4 aromatic rings. The summed E-state index contributed by atoms with van der Waals surface area (Å²) in [5, 5.41) is 6.93. The van der Waals surface area contributed by atoms with Gasteiger partial charge in [0.25, 0.3) is 5.91 Å². The normalized spacial score (nSPS) is 10.4. The number of pyridine rings is 1. The maximum absolute atomic E-state index is 12.8. The van der Waals surface area contributed by atoms with E-state index in [4.69, 9.17) is 0 Å². The topological polar surface area (TPSA) is 96.2 Å². The number of rotatable bonds is 8. The van der Waals surface area contributed by atoms with Crippen molar-refractivity contribution in [2.24, 2.45) is 5.73 Å². The molecule has 34 heavy (non-hydrogen) atoms. The fourth-order valence-corrected chi connectivity index (χ4v) is 4.19. The summed E-state index contributed by atoms with van der Waals surface area (Å²) in [4.78, 5) is 23.7. The van der Waals surface area contributed by atoms with E-state index in [0.29, 0.717) is 11.6 Å². The summed E-state index contributed by atoms with van der Waals surface area (Å²) in [6.07, 6.45) is 4.82. The molecule has 2 aromatic carbocycles. The standard InChI is InChI=1S/C24H25N5OS.C2H5N/c1-29(2)13-12-26-20-14-19(18-8-10-25-11-9-18)15-21-22(20)28-24(31-21)23(30)27-16-17-6-4-3-5-7-17;1-2-3/h3-11,14-15,26H,12-13,16H2,1-2H3,(H,27,30);2H,1,3H2. The summed E-state index contributed by atoms with van der Waals surface area (Å²) in [6, 6.07) is 18.0. The molecule has 1 amide bonds. The minimum atomic E-state index is -0.158. The number of likely N-dealkylation sites (N-methyl/N-ethyl adjacent to an activating group) is 1. The lowest BCUT2D eigenvalue weighted by Crippen LogP contribution is -2.22. The fourth-order valence-electron chi connectivity index (χ4n) is 3.24. The largest absolute Gasteiger partial charge is 0.405 e. The van der Waals surface area contributed by atoms with Gasteiger partial charge in [0.1, 0.15) is 5.52 Å². The van der Waals surface area contributed by atoms with Gasteiger partial charge in [-0.25, -0.2) is 4.98 Å². The van der Waals surface area contributed by atoms with Crippen LogP contribution in [0.15, 0.2) is 79.8 Å². The van der Waals surface area contributed by atoms with Crippen molar-refractivity contribution in [1.29, 1.82) is 0 Å². The minimum Gasteiger partial charge on any atom is -0.405 e. The van der Waals surface area contributed by atoms with Crippen LogP contribution in [0.4, 0.5) is 5.69 Å². The molecular formula is C26H30N6OS. The molecule has 0 fully saturated rings. The third-order valence-electron chi connectivity index (χ3n) is 4.87. The minimum absolute atomic E-state index is 0.158. The van der Waals surface area contributed by atoms with Gasteiger partial charge in [0.05, 0.1) is 10.4 Å². The number of thiazole rings is 1. The van der Waals surface area contributed by atoms with Crippen LogP contribution in [-0.4, -0.2) is 48.0 Å². The van der Waals surface area contributed by atoms with Gasteiger partial charge >= 0.3 is 0 Å². The van der Waals surface area contributed by atoms with Gasteiger partial charge in [-0.05, 0) is 61.3 Å². The van der Waals surface area contributed by atoms with Crippen molar-refractivity contribution >= 4 is 33.1 Å². The summed E-state index contributed by atoms with van der Waals surface area (Å²) in [6.45, 7) is 5.30. The van der Waals surface area contributed by atoms with E-state index in [9.17, 15) is 4.79 Å². The quantitative estimate of drug-likeness (QED) is 0.351. The highest BCUT2D eigenvalue weighted by Gasteiger charge is 2.16. The summed E-state index contributed by atoms with van der Waals surface area (Å²) in [7, 11) is 4.09. The maximum Gasteiger partial charge on any atom is 0.280 e. The summed E-state index contributed by atoms with van der Waals surface area (Å²) in [5.41, 5.74) is 9.58. The zero-order valence-corrected chi connectivity index (χ0v) is 20.3. The number of hydrogen-bond acceptors (Lipinski definition) is 7. The van der Waals surface area contributed by atoms with Crippen molar-refractivity contribution in [3.05, 3.63) is 90.3 Å². The van der Waals surface area contributed by atoms with Gasteiger partial charge < -0.3 is 21.3 Å². The molecule has 0 aliphatic carbocycles. The van der Waals surface area contributed by atoms with Crippen molar-refractivity contribution in [3.8, 4) is 11.1 Å². The Morgan fingerprint density at radius 3 is 2.50 bits per heavy atom. The van der Waals surface area contributed by atoms with Gasteiger partial charge in [-0.3, -0.25) is 9.78 Å². The van der Waals surface area contributed by atoms with Crippen LogP contribution in [0.5, 0.6) is 0 Å². The number of nitrogens with two attached hydrogens (primary N) is 1.